The summed E-state index contributed by atoms with van der Waals surface area (Å²) in [7, 11) is 0. The van der Waals surface area contributed by atoms with Crippen LogP contribution in [-0.4, -0.2) is 9.55 Å². The van der Waals surface area contributed by atoms with Gasteiger partial charge in [0.05, 0.1) is 5.54 Å². The Morgan fingerprint density at radius 1 is 1.41 bits per heavy atom. The van der Waals surface area contributed by atoms with Gasteiger partial charge in [-0.2, -0.15) is 0 Å². The quantitative estimate of drug-likeness (QED) is 0.852. The van der Waals surface area contributed by atoms with Gasteiger partial charge in [0.1, 0.15) is 17.3 Å². The minimum absolute atomic E-state index is 0.156. The van der Waals surface area contributed by atoms with Crippen molar-refractivity contribution in [3.05, 3.63) is 51.8 Å². The van der Waals surface area contributed by atoms with Gasteiger partial charge in [0, 0.05) is 29.2 Å². The number of alkyl halides is 2. The van der Waals surface area contributed by atoms with E-state index < -0.39 is 17.8 Å². The number of rotatable bonds is 5. The monoisotopic (exact) mass is 375 g/mol. The van der Waals surface area contributed by atoms with Crippen LogP contribution >= 0.6 is 15.9 Å². The SMILES string of the molecule is CCc1nc(C(F)F)cn1CC(C)(N)c1cc(Br)ccc1F. The third-order valence-corrected chi connectivity index (χ3v) is 3.95. The van der Waals surface area contributed by atoms with Crippen LogP contribution in [0.2, 0.25) is 0 Å². The van der Waals surface area contributed by atoms with E-state index in [-0.39, 0.29) is 12.2 Å². The van der Waals surface area contributed by atoms with Crippen molar-refractivity contribution in [2.75, 3.05) is 0 Å². The van der Waals surface area contributed by atoms with Gasteiger partial charge in [-0.05, 0) is 25.1 Å². The van der Waals surface area contributed by atoms with Gasteiger partial charge in [0.2, 0.25) is 0 Å². The van der Waals surface area contributed by atoms with Gasteiger partial charge in [-0.3, -0.25) is 0 Å². The van der Waals surface area contributed by atoms with E-state index in [1.54, 1.807) is 23.6 Å². The van der Waals surface area contributed by atoms with E-state index in [0.717, 1.165) is 0 Å². The molecule has 1 heterocycles. The molecule has 0 aliphatic carbocycles. The summed E-state index contributed by atoms with van der Waals surface area (Å²) in [5.74, 6) is 0.0721. The third-order valence-electron chi connectivity index (χ3n) is 3.46. The Balaban J connectivity index is 2.37. The highest BCUT2D eigenvalue weighted by Crippen LogP contribution is 2.28. The molecular formula is C15H17BrF3N3. The first-order valence-electron chi connectivity index (χ1n) is 6.83. The van der Waals surface area contributed by atoms with E-state index in [1.165, 1.54) is 12.3 Å². The molecular weight excluding hydrogens is 359 g/mol. The summed E-state index contributed by atoms with van der Waals surface area (Å²) in [6.07, 6.45) is -0.868. The van der Waals surface area contributed by atoms with Crippen LogP contribution in [-0.2, 0) is 18.5 Å². The van der Waals surface area contributed by atoms with Crippen molar-refractivity contribution in [3.63, 3.8) is 0 Å². The number of imidazole rings is 1. The van der Waals surface area contributed by atoms with Gasteiger partial charge >= 0.3 is 0 Å². The zero-order valence-corrected chi connectivity index (χ0v) is 13.9. The van der Waals surface area contributed by atoms with Crippen LogP contribution in [0.1, 0.15) is 37.4 Å². The lowest BCUT2D eigenvalue weighted by Gasteiger charge is -2.27. The zero-order valence-electron chi connectivity index (χ0n) is 12.3. The van der Waals surface area contributed by atoms with E-state index >= 15 is 0 Å². The number of nitrogens with zero attached hydrogens (tertiary/aromatic N) is 2. The fourth-order valence-corrected chi connectivity index (χ4v) is 2.74. The van der Waals surface area contributed by atoms with E-state index in [2.05, 4.69) is 20.9 Å². The fraction of sp³-hybridized carbons (Fsp3) is 0.400. The number of aryl methyl sites for hydroxylation is 1. The molecule has 7 heteroatoms. The first-order chi connectivity index (χ1) is 10.2. The van der Waals surface area contributed by atoms with Crippen LogP contribution in [0, 0.1) is 5.82 Å². The summed E-state index contributed by atoms with van der Waals surface area (Å²) in [5, 5.41) is 0. The number of benzene rings is 1. The summed E-state index contributed by atoms with van der Waals surface area (Å²) in [4.78, 5) is 3.90. The molecule has 0 amide bonds. The number of hydrogen-bond acceptors (Lipinski definition) is 2. The summed E-state index contributed by atoms with van der Waals surface area (Å²) in [5.41, 5.74) is 5.22. The molecule has 0 bridgehead atoms. The molecule has 2 aromatic rings. The molecule has 2 rings (SSSR count). The first-order valence-corrected chi connectivity index (χ1v) is 7.62. The van der Waals surface area contributed by atoms with Crippen molar-refractivity contribution in [2.24, 2.45) is 5.73 Å². The molecule has 1 atom stereocenters. The molecule has 2 N–H and O–H groups in total. The number of aromatic nitrogens is 2. The Morgan fingerprint density at radius 2 is 2.09 bits per heavy atom. The molecule has 0 saturated carbocycles. The predicted octanol–water partition coefficient (Wildman–Crippen LogP) is 4.16. The Hall–Kier alpha value is -1.34. The van der Waals surface area contributed by atoms with Crippen LogP contribution in [0.25, 0.3) is 0 Å². The van der Waals surface area contributed by atoms with E-state index in [0.29, 0.717) is 22.3 Å². The smallest absolute Gasteiger partial charge is 0.281 e. The highest BCUT2D eigenvalue weighted by atomic mass is 79.9. The van der Waals surface area contributed by atoms with Gasteiger partial charge in [-0.1, -0.05) is 22.9 Å². The second-order valence-corrected chi connectivity index (χ2v) is 6.32. The second kappa shape index (κ2) is 6.42. The number of nitrogens with two attached hydrogens (primary N) is 1. The van der Waals surface area contributed by atoms with Crippen molar-refractivity contribution >= 4 is 15.9 Å². The Kier molecular flexibility index (Phi) is 4.97. The van der Waals surface area contributed by atoms with Crippen molar-refractivity contribution in [1.82, 2.24) is 9.55 Å². The number of halogens is 4. The number of hydrogen-bond donors (Lipinski definition) is 1. The summed E-state index contributed by atoms with van der Waals surface area (Å²) in [6, 6.07) is 4.51. The van der Waals surface area contributed by atoms with Gasteiger partial charge < -0.3 is 10.3 Å². The molecule has 0 radical (unpaired) electrons. The molecule has 0 spiro atoms. The molecule has 3 nitrogen and oxygen atoms in total. The van der Waals surface area contributed by atoms with Crippen LogP contribution in [0.5, 0.6) is 0 Å². The minimum atomic E-state index is -2.64. The maximum atomic E-state index is 14.0. The average molecular weight is 376 g/mol. The molecule has 120 valence electrons. The fourth-order valence-electron chi connectivity index (χ4n) is 2.37. The van der Waals surface area contributed by atoms with Gasteiger partial charge in [-0.25, -0.2) is 18.2 Å². The lowest BCUT2D eigenvalue weighted by atomic mass is 9.92. The molecule has 1 aromatic heterocycles. The highest BCUT2D eigenvalue weighted by Gasteiger charge is 2.27. The lowest BCUT2D eigenvalue weighted by Crippen LogP contribution is -2.39. The van der Waals surface area contributed by atoms with Crippen molar-refractivity contribution in [2.45, 2.75) is 38.8 Å². The third kappa shape index (κ3) is 3.52. The lowest BCUT2D eigenvalue weighted by molar-refractivity contribution is 0.146. The minimum Gasteiger partial charge on any atom is -0.332 e. The van der Waals surface area contributed by atoms with Crippen LogP contribution in [0.4, 0.5) is 13.2 Å². The van der Waals surface area contributed by atoms with Crippen molar-refractivity contribution in [1.29, 1.82) is 0 Å². The summed E-state index contributed by atoms with van der Waals surface area (Å²) in [6.45, 7) is 3.64. The molecule has 22 heavy (non-hydrogen) atoms. The molecule has 0 aliphatic heterocycles. The van der Waals surface area contributed by atoms with E-state index in [9.17, 15) is 13.2 Å². The predicted molar refractivity (Wildman–Crippen MR) is 82.2 cm³/mol. The molecule has 0 aliphatic rings. The van der Waals surface area contributed by atoms with Crippen LogP contribution in [0.3, 0.4) is 0 Å². The van der Waals surface area contributed by atoms with Crippen LogP contribution < -0.4 is 5.73 Å². The summed E-state index contributed by atoms with van der Waals surface area (Å²) >= 11 is 3.28. The second-order valence-electron chi connectivity index (χ2n) is 5.41. The van der Waals surface area contributed by atoms with E-state index in [4.69, 9.17) is 5.73 Å². The Morgan fingerprint density at radius 3 is 2.68 bits per heavy atom. The van der Waals surface area contributed by atoms with Crippen molar-refractivity contribution in [3.8, 4) is 0 Å². The molecule has 1 aromatic carbocycles. The standard InChI is InChI=1S/C15H17BrF3N3/c1-3-13-21-12(14(18)19)7-22(13)8-15(2,20)10-6-9(16)4-5-11(10)17/h4-7,14H,3,8,20H2,1-2H3. The van der Waals surface area contributed by atoms with Gasteiger partial charge in [0.15, 0.2) is 0 Å². The van der Waals surface area contributed by atoms with Crippen LogP contribution in [0.15, 0.2) is 28.9 Å². The highest BCUT2D eigenvalue weighted by molar-refractivity contribution is 9.10. The summed E-state index contributed by atoms with van der Waals surface area (Å²) < 4.78 is 41.9. The van der Waals surface area contributed by atoms with Gasteiger partial charge in [0.25, 0.3) is 6.43 Å². The Labute approximate surface area is 135 Å². The van der Waals surface area contributed by atoms with Crippen molar-refractivity contribution < 1.29 is 13.2 Å². The maximum Gasteiger partial charge on any atom is 0.281 e. The largest absolute Gasteiger partial charge is 0.332 e. The van der Waals surface area contributed by atoms with E-state index in [1.807, 2.05) is 6.92 Å². The molecule has 0 saturated heterocycles. The molecule has 0 fully saturated rings. The molecule has 1 unspecified atom stereocenters. The van der Waals surface area contributed by atoms with Gasteiger partial charge in [-0.15, -0.1) is 0 Å². The first kappa shape index (κ1) is 17.0. The topological polar surface area (TPSA) is 43.8 Å². The Bertz CT molecular complexity index is 668. The zero-order chi connectivity index (χ0) is 16.5. The normalized spacial score (nSPS) is 14.4. The maximum absolute atomic E-state index is 14.0. The average Bonchev–Trinajstić information content (AvgIpc) is 2.84.